The van der Waals surface area contributed by atoms with Crippen LogP contribution in [0.5, 0.6) is 0 Å². The summed E-state index contributed by atoms with van der Waals surface area (Å²) < 4.78 is 43.0. The van der Waals surface area contributed by atoms with Crippen LogP contribution in [0.25, 0.3) is 5.70 Å². The molecule has 9 heteroatoms. The highest BCUT2D eigenvalue weighted by Crippen LogP contribution is 2.30. The van der Waals surface area contributed by atoms with Crippen LogP contribution in [-0.4, -0.2) is 25.9 Å². The zero-order valence-electron chi connectivity index (χ0n) is 15.7. The van der Waals surface area contributed by atoms with Crippen molar-refractivity contribution in [2.75, 3.05) is 14.2 Å². The van der Waals surface area contributed by atoms with Crippen molar-refractivity contribution in [2.24, 2.45) is 5.16 Å². The summed E-state index contributed by atoms with van der Waals surface area (Å²) in [5.74, 6) is -0.644. The molecule has 0 aromatic heterocycles. The molecular formula is C20H19F3N2O4. The Morgan fingerprint density at radius 3 is 2.38 bits per heavy atom. The molecule has 0 unspecified atom stereocenters. The standard InChI is InChI=1S/C20H19F3N2O4/c1-13(16-5-4-6-17(11-16)20(21,22)23)24-29-12-14-7-9-15(10-8-14)18(25-28-3)19(26)27-2/h4-11,24H,1,12H2,2-3H3. The van der Waals surface area contributed by atoms with Crippen LogP contribution in [0.4, 0.5) is 13.2 Å². The lowest BCUT2D eigenvalue weighted by atomic mass is 10.1. The largest absolute Gasteiger partial charge is 0.464 e. The number of oxime groups is 1. The van der Waals surface area contributed by atoms with Crippen molar-refractivity contribution >= 4 is 17.4 Å². The number of hydrogen-bond acceptors (Lipinski definition) is 6. The molecule has 1 N–H and O–H groups in total. The van der Waals surface area contributed by atoms with E-state index in [2.05, 4.69) is 26.8 Å². The van der Waals surface area contributed by atoms with Crippen LogP contribution in [0, 0.1) is 0 Å². The van der Waals surface area contributed by atoms with Gasteiger partial charge in [-0.2, -0.15) is 13.2 Å². The molecule has 0 aliphatic rings. The van der Waals surface area contributed by atoms with Crippen LogP contribution >= 0.6 is 0 Å². The Bertz CT molecular complexity index is 893. The lowest BCUT2D eigenvalue weighted by Crippen LogP contribution is -2.17. The van der Waals surface area contributed by atoms with Crippen LogP contribution in [0.1, 0.15) is 22.3 Å². The van der Waals surface area contributed by atoms with Gasteiger partial charge >= 0.3 is 12.1 Å². The first-order chi connectivity index (χ1) is 13.8. The molecule has 0 aliphatic carbocycles. The zero-order chi connectivity index (χ0) is 21.4. The Hall–Kier alpha value is -3.33. The fraction of sp³-hybridized carbons (Fsp3) is 0.200. The number of carbonyl (C=O) groups is 1. The minimum Gasteiger partial charge on any atom is -0.464 e. The highest BCUT2D eigenvalue weighted by molar-refractivity contribution is 6.43. The van der Waals surface area contributed by atoms with E-state index in [0.717, 1.165) is 17.7 Å². The molecule has 29 heavy (non-hydrogen) atoms. The van der Waals surface area contributed by atoms with Gasteiger partial charge in [-0.25, -0.2) is 4.79 Å². The maximum Gasteiger partial charge on any atom is 0.416 e. The molecule has 0 bridgehead atoms. The number of esters is 1. The van der Waals surface area contributed by atoms with Gasteiger partial charge in [0.05, 0.1) is 25.0 Å². The maximum atomic E-state index is 12.8. The number of benzene rings is 2. The second kappa shape index (κ2) is 9.74. The Balaban J connectivity index is 1.96. The van der Waals surface area contributed by atoms with Crippen molar-refractivity contribution in [3.8, 4) is 0 Å². The van der Waals surface area contributed by atoms with Crippen molar-refractivity contribution in [2.45, 2.75) is 12.8 Å². The molecule has 0 aliphatic heterocycles. The van der Waals surface area contributed by atoms with Gasteiger partial charge in [0.1, 0.15) is 7.11 Å². The van der Waals surface area contributed by atoms with E-state index in [9.17, 15) is 18.0 Å². The van der Waals surface area contributed by atoms with Crippen LogP contribution in [0.15, 0.2) is 60.3 Å². The monoisotopic (exact) mass is 408 g/mol. The summed E-state index contributed by atoms with van der Waals surface area (Å²) in [5.41, 5.74) is 3.44. The summed E-state index contributed by atoms with van der Waals surface area (Å²) in [6.45, 7) is 3.79. The highest BCUT2D eigenvalue weighted by Gasteiger charge is 2.30. The lowest BCUT2D eigenvalue weighted by Gasteiger charge is -2.12. The first kappa shape index (κ1) is 22.0. The third kappa shape index (κ3) is 6.08. The number of hydroxylamine groups is 1. The third-order valence-corrected chi connectivity index (χ3v) is 3.76. The zero-order valence-corrected chi connectivity index (χ0v) is 15.7. The Morgan fingerprint density at radius 1 is 1.10 bits per heavy atom. The minimum atomic E-state index is -4.44. The number of alkyl halides is 3. The average molecular weight is 408 g/mol. The summed E-state index contributed by atoms with van der Waals surface area (Å²) in [6, 6.07) is 11.4. The fourth-order valence-electron chi connectivity index (χ4n) is 2.30. The van der Waals surface area contributed by atoms with Crippen molar-refractivity contribution < 1.29 is 32.4 Å². The molecule has 0 atom stereocenters. The van der Waals surface area contributed by atoms with Crippen molar-refractivity contribution in [1.29, 1.82) is 0 Å². The van der Waals surface area contributed by atoms with Crippen LogP contribution in [0.2, 0.25) is 0 Å². The van der Waals surface area contributed by atoms with E-state index >= 15 is 0 Å². The average Bonchev–Trinajstić information content (AvgIpc) is 2.71. The molecule has 0 saturated carbocycles. The number of carbonyl (C=O) groups excluding carboxylic acids is 1. The topological polar surface area (TPSA) is 69.1 Å². The van der Waals surface area contributed by atoms with E-state index in [0.29, 0.717) is 5.56 Å². The van der Waals surface area contributed by atoms with Crippen molar-refractivity contribution in [3.05, 3.63) is 77.4 Å². The SMILES string of the molecule is C=C(NOCc1ccc(C(=NOC)C(=O)OC)cc1)c1cccc(C(F)(F)F)c1. The maximum absolute atomic E-state index is 12.8. The summed E-state index contributed by atoms with van der Waals surface area (Å²) in [5, 5.41) is 3.64. The van der Waals surface area contributed by atoms with E-state index in [4.69, 9.17) is 4.84 Å². The van der Waals surface area contributed by atoms with E-state index < -0.39 is 17.7 Å². The quantitative estimate of drug-likeness (QED) is 0.407. The smallest absolute Gasteiger partial charge is 0.416 e. The highest BCUT2D eigenvalue weighted by atomic mass is 19.4. The van der Waals surface area contributed by atoms with Gasteiger partial charge in [0.25, 0.3) is 0 Å². The van der Waals surface area contributed by atoms with Crippen LogP contribution in [0.3, 0.4) is 0 Å². The number of nitrogens with one attached hydrogen (secondary N) is 1. The summed E-state index contributed by atoms with van der Waals surface area (Å²) in [6.07, 6.45) is -4.44. The second-order valence-corrected chi connectivity index (χ2v) is 5.76. The van der Waals surface area contributed by atoms with Gasteiger partial charge in [-0.05, 0) is 23.3 Å². The summed E-state index contributed by atoms with van der Waals surface area (Å²) >= 11 is 0. The number of nitrogens with zero attached hydrogens (tertiary/aromatic N) is 1. The Labute approximate surface area is 165 Å². The van der Waals surface area contributed by atoms with Crippen LogP contribution < -0.4 is 5.48 Å². The molecular weight excluding hydrogens is 389 g/mol. The van der Waals surface area contributed by atoms with Gasteiger partial charge < -0.3 is 9.57 Å². The van der Waals surface area contributed by atoms with Gasteiger partial charge in [-0.3, -0.25) is 10.3 Å². The number of hydrogen-bond donors (Lipinski definition) is 1. The van der Waals surface area contributed by atoms with Gasteiger partial charge in [-0.15, -0.1) is 0 Å². The number of rotatable bonds is 8. The molecule has 6 nitrogen and oxygen atoms in total. The van der Waals surface area contributed by atoms with E-state index in [1.54, 1.807) is 24.3 Å². The molecule has 0 spiro atoms. The van der Waals surface area contributed by atoms with E-state index in [1.807, 2.05) is 0 Å². The van der Waals surface area contributed by atoms with Gasteiger partial charge in [0.2, 0.25) is 0 Å². The Kier molecular flexibility index (Phi) is 7.38. The third-order valence-electron chi connectivity index (χ3n) is 3.76. The molecule has 2 aromatic carbocycles. The predicted molar refractivity (Wildman–Crippen MR) is 100 cm³/mol. The van der Waals surface area contributed by atoms with E-state index in [-0.39, 0.29) is 23.6 Å². The number of halogens is 3. The molecule has 0 saturated heterocycles. The molecule has 2 aromatic rings. The number of methoxy groups -OCH3 is 1. The molecule has 154 valence electrons. The van der Waals surface area contributed by atoms with Gasteiger partial charge in [0.15, 0.2) is 5.71 Å². The first-order valence-electron chi connectivity index (χ1n) is 8.29. The second-order valence-electron chi connectivity index (χ2n) is 5.76. The van der Waals surface area contributed by atoms with Crippen molar-refractivity contribution in [3.63, 3.8) is 0 Å². The molecule has 0 heterocycles. The fourth-order valence-corrected chi connectivity index (χ4v) is 2.30. The van der Waals surface area contributed by atoms with Crippen LogP contribution in [-0.2, 0) is 32.0 Å². The normalized spacial score (nSPS) is 11.7. The van der Waals surface area contributed by atoms with Gasteiger partial charge in [0, 0.05) is 5.56 Å². The molecule has 0 amide bonds. The van der Waals surface area contributed by atoms with Gasteiger partial charge in [-0.1, -0.05) is 48.1 Å². The lowest BCUT2D eigenvalue weighted by molar-refractivity contribution is -0.137. The Morgan fingerprint density at radius 2 is 1.79 bits per heavy atom. The molecule has 0 fully saturated rings. The predicted octanol–water partition coefficient (Wildman–Crippen LogP) is 3.92. The summed E-state index contributed by atoms with van der Waals surface area (Å²) in [7, 11) is 2.55. The van der Waals surface area contributed by atoms with E-state index in [1.165, 1.54) is 26.4 Å². The van der Waals surface area contributed by atoms with Crippen molar-refractivity contribution in [1.82, 2.24) is 5.48 Å². The minimum absolute atomic E-state index is 0.0125. The molecule has 0 radical (unpaired) electrons. The molecule has 2 rings (SSSR count). The number of ether oxygens (including phenoxy) is 1. The summed E-state index contributed by atoms with van der Waals surface area (Å²) in [4.78, 5) is 21.7. The first-order valence-corrected chi connectivity index (χ1v) is 8.29.